The van der Waals surface area contributed by atoms with Crippen molar-refractivity contribution in [3.63, 3.8) is 0 Å². The number of hydrogen-bond donors (Lipinski definition) is 2. The number of likely N-dealkylation sites (tertiary alicyclic amines) is 1. The first kappa shape index (κ1) is 18.9. The predicted molar refractivity (Wildman–Crippen MR) is 101 cm³/mol. The molecule has 1 heterocycles. The van der Waals surface area contributed by atoms with Crippen LogP contribution >= 0.6 is 0 Å². The van der Waals surface area contributed by atoms with Crippen molar-refractivity contribution in [1.29, 1.82) is 0 Å². The van der Waals surface area contributed by atoms with Gasteiger partial charge in [-0.05, 0) is 56.2 Å². The molecule has 0 spiro atoms. The maximum absolute atomic E-state index is 12.7. The number of aryl methyl sites for hydroxylation is 2. The highest BCUT2D eigenvalue weighted by Gasteiger charge is 2.44. The van der Waals surface area contributed by atoms with E-state index >= 15 is 0 Å². The molecule has 1 aromatic rings. The number of nitrogens with zero attached hydrogens (tertiary/aromatic N) is 1. The summed E-state index contributed by atoms with van der Waals surface area (Å²) in [6, 6.07) is 6.54. The van der Waals surface area contributed by atoms with E-state index in [2.05, 4.69) is 37.4 Å². The molecule has 1 atom stereocenters. The summed E-state index contributed by atoms with van der Waals surface area (Å²) >= 11 is 0. The summed E-state index contributed by atoms with van der Waals surface area (Å²) in [7, 11) is 0. The van der Waals surface area contributed by atoms with Crippen molar-refractivity contribution in [2.24, 2.45) is 0 Å². The third-order valence-corrected chi connectivity index (χ3v) is 6.36. The normalized spacial score (nSPS) is 24.7. The molecule has 1 aliphatic heterocycles. The highest BCUT2D eigenvalue weighted by atomic mass is 16.3. The van der Waals surface area contributed by atoms with Crippen molar-refractivity contribution >= 4 is 11.8 Å². The van der Waals surface area contributed by atoms with Crippen LogP contribution < -0.4 is 5.32 Å². The zero-order valence-corrected chi connectivity index (χ0v) is 16.1. The lowest BCUT2D eigenvalue weighted by atomic mass is 9.64. The van der Waals surface area contributed by atoms with Gasteiger partial charge in [0, 0.05) is 25.4 Å². The van der Waals surface area contributed by atoms with Gasteiger partial charge in [-0.25, -0.2) is 0 Å². The molecule has 3 rings (SSSR count). The number of nitrogens with one attached hydrogen (secondary N) is 1. The molecule has 1 aromatic carbocycles. The molecule has 2 N–H and O–H groups in total. The number of carbonyl (C=O) groups is 2. The third-order valence-electron chi connectivity index (χ3n) is 6.36. The second kappa shape index (κ2) is 7.03. The number of β-amino-alcohol motifs (C(OH)–C–C–N with tert-alkyl or cyclic N) is 1. The molecule has 1 aliphatic carbocycles. The van der Waals surface area contributed by atoms with Crippen LogP contribution in [0.4, 0.5) is 0 Å². The fourth-order valence-corrected chi connectivity index (χ4v) is 4.15. The summed E-state index contributed by atoms with van der Waals surface area (Å²) in [5.74, 6) is -0.444. The fourth-order valence-electron chi connectivity index (χ4n) is 4.15. The van der Waals surface area contributed by atoms with Gasteiger partial charge in [0.1, 0.15) is 0 Å². The average Bonchev–Trinajstić information content (AvgIpc) is 2.56. The Morgan fingerprint density at radius 3 is 2.46 bits per heavy atom. The molecular formula is C21H30N2O3. The molecular weight excluding hydrogens is 328 g/mol. The van der Waals surface area contributed by atoms with Gasteiger partial charge in [0.05, 0.1) is 6.54 Å². The largest absolute Gasteiger partial charge is 0.378 e. The summed E-state index contributed by atoms with van der Waals surface area (Å²) in [6.07, 6.45) is 4.30. The Morgan fingerprint density at radius 1 is 1.15 bits per heavy atom. The summed E-state index contributed by atoms with van der Waals surface area (Å²) in [5, 5.41) is 13.8. The number of carbonyl (C=O) groups excluding carboxylic acids is 2. The van der Waals surface area contributed by atoms with Gasteiger partial charge < -0.3 is 15.3 Å². The molecule has 0 unspecified atom stereocenters. The maximum atomic E-state index is 12.7. The summed E-state index contributed by atoms with van der Waals surface area (Å²) < 4.78 is 0. The molecule has 1 saturated carbocycles. The van der Waals surface area contributed by atoms with E-state index in [9.17, 15) is 14.7 Å². The number of aliphatic hydroxyl groups is 1. The number of piperidine rings is 1. The molecule has 5 nitrogen and oxygen atoms in total. The van der Waals surface area contributed by atoms with Gasteiger partial charge in [0.2, 0.25) is 5.91 Å². The molecule has 0 bridgehead atoms. The number of benzene rings is 1. The first-order valence-electron chi connectivity index (χ1n) is 9.60. The Labute approximate surface area is 155 Å². The van der Waals surface area contributed by atoms with Crippen LogP contribution in [0.1, 0.15) is 55.7 Å². The standard InChI is InChI=1S/C21H30N2O3/c1-15-6-7-18(12-16(15)2)20(8-4-9-20)13-22-19(25)21(26)10-5-11-23(14-21)17(3)24/h6-7,12,26H,4-5,8-11,13-14H2,1-3H3,(H,22,25)/t21-/m1/s1. The molecule has 2 fully saturated rings. The maximum Gasteiger partial charge on any atom is 0.253 e. The van der Waals surface area contributed by atoms with E-state index in [0.717, 1.165) is 19.3 Å². The van der Waals surface area contributed by atoms with Crippen LogP contribution in [0, 0.1) is 13.8 Å². The van der Waals surface area contributed by atoms with E-state index in [4.69, 9.17) is 0 Å². The Bertz CT molecular complexity index is 711. The molecule has 0 radical (unpaired) electrons. The second-order valence-corrected chi connectivity index (χ2v) is 8.19. The quantitative estimate of drug-likeness (QED) is 0.867. The van der Waals surface area contributed by atoms with E-state index in [1.165, 1.54) is 23.6 Å². The Balaban J connectivity index is 1.69. The lowest BCUT2D eigenvalue weighted by Gasteiger charge is -2.44. The highest BCUT2D eigenvalue weighted by Crippen LogP contribution is 2.43. The molecule has 5 heteroatoms. The Morgan fingerprint density at radius 2 is 1.88 bits per heavy atom. The van der Waals surface area contributed by atoms with Gasteiger partial charge in [-0.2, -0.15) is 0 Å². The first-order valence-corrected chi connectivity index (χ1v) is 9.60. The first-order chi connectivity index (χ1) is 12.3. The molecule has 2 aliphatic rings. The van der Waals surface area contributed by atoms with E-state index in [1.54, 1.807) is 4.90 Å². The molecule has 142 valence electrons. The lowest BCUT2D eigenvalue weighted by Crippen LogP contribution is -2.59. The van der Waals surface area contributed by atoms with Crippen LogP contribution in [0.2, 0.25) is 0 Å². The van der Waals surface area contributed by atoms with Gasteiger partial charge in [-0.1, -0.05) is 24.6 Å². The third kappa shape index (κ3) is 3.50. The molecule has 0 aromatic heterocycles. The molecule has 1 saturated heterocycles. The number of hydrogen-bond acceptors (Lipinski definition) is 3. The van der Waals surface area contributed by atoms with Gasteiger partial charge in [0.25, 0.3) is 5.91 Å². The average molecular weight is 358 g/mol. The summed E-state index contributed by atoms with van der Waals surface area (Å²) in [5.41, 5.74) is 2.31. The van der Waals surface area contributed by atoms with Crippen LogP contribution in [0.15, 0.2) is 18.2 Å². The second-order valence-electron chi connectivity index (χ2n) is 8.19. The predicted octanol–water partition coefficient (Wildman–Crippen LogP) is 2.21. The van der Waals surface area contributed by atoms with Crippen molar-refractivity contribution in [1.82, 2.24) is 10.2 Å². The van der Waals surface area contributed by atoms with E-state index in [1.807, 2.05) is 0 Å². The SMILES string of the molecule is CC(=O)N1CCC[C@](O)(C(=O)NCC2(c3ccc(C)c(C)c3)CCC2)C1. The minimum absolute atomic E-state index is 0.0284. The van der Waals surface area contributed by atoms with Crippen LogP contribution in [0.3, 0.4) is 0 Å². The topological polar surface area (TPSA) is 69.6 Å². The van der Waals surface area contributed by atoms with Crippen molar-refractivity contribution in [2.75, 3.05) is 19.6 Å². The van der Waals surface area contributed by atoms with Crippen molar-refractivity contribution < 1.29 is 14.7 Å². The van der Waals surface area contributed by atoms with Gasteiger partial charge in [-0.3, -0.25) is 9.59 Å². The smallest absolute Gasteiger partial charge is 0.253 e. The Kier molecular flexibility index (Phi) is 5.11. The van der Waals surface area contributed by atoms with Gasteiger partial charge in [-0.15, -0.1) is 0 Å². The zero-order valence-electron chi connectivity index (χ0n) is 16.1. The van der Waals surface area contributed by atoms with Crippen LogP contribution in [0.5, 0.6) is 0 Å². The number of rotatable bonds is 4. The minimum atomic E-state index is -1.47. The Hall–Kier alpha value is -1.88. The van der Waals surface area contributed by atoms with Gasteiger partial charge in [0.15, 0.2) is 5.60 Å². The van der Waals surface area contributed by atoms with E-state index in [-0.39, 0.29) is 23.8 Å². The van der Waals surface area contributed by atoms with Crippen molar-refractivity contribution in [2.45, 2.75) is 63.9 Å². The van der Waals surface area contributed by atoms with Crippen LogP contribution in [0.25, 0.3) is 0 Å². The fraction of sp³-hybridized carbons (Fsp3) is 0.619. The monoisotopic (exact) mass is 358 g/mol. The van der Waals surface area contributed by atoms with Crippen molar-refractivity contribution in [3.8, 4) is 0 Å². The number of amides is 2. The van der Waals surface area contributed by atoms with Crippen molar-refractivity contribution in [3.05, 3.63) is 34.9 Å². The highest BCUT2D eigenvalue weighted by molar-refractivity contribution is 5.86. The van der Waals surface area contributed by atoms with Gasteiger partial charge >= 0.3 is 0 Å². The molecule has 2 amide bonds. The van der Waals surface area contributed by atoms with Crippen LogP contribution in [-0.4, -0.2) is 47.1 Å². The van der Waals surface area contributed by atoms with E-state index < -0.39 is 5.60 Å². The van der Waals surface area contributed by atoms with Crippen LogP contribution in [-0.2, 0) is 15.0 Å². The summed E-state index contributed by atoms with van der Waals surface area (Å²) in [4.78, 5) is 25.9. The van der Waals surface area contributed by atoms with E-state index in [0.29, 0.717) is 25.9 Å². The lowest BCUT2D eigenvalue weighted by molar-refractivity contribution is -0.150. The minimum Gasteiger partial charge on any atom is -0.378 e. The zero-order chi connectivity index (χ0) is 18.9. The summed E-state index contributed by atoms with van der Waals surface area (Å²) in [6.45, 7) is 6.93. The molecule has 26 heavy (non-hydrogen) atoms.